The predicted octanol–water partition coefficient (Wildman–Crippen LogP) is 2.59. The second kappa shape index (κ2) is 8.86. The number of rotatable bonds is 6. The van der Waals surface area contributed by atoms with Crippen LogP contribution in [0, 0.1) is 6.92 Å². The van der Waals surface area contributed by atoms with E-state index >= 15 is 0 Å². The van der Waals surface area contributed by atoms with Crippen LogP contribution in [-0.2, 0) is 6.42 Å². The second-order valence-electron chi connectivity index (χ2n) is 8.31. The molecule has 0 bridgehead atoms. The summed E-state index contributed by atoms with van der Waals surface area (Å²) in [5.41, 5.74) is 3.54. The van der Waals surface area contributed by atoms with Crippen molar-refractivity contribution in [3.63, 3.8) is 0 Å². The number of fused-ring (bicyclic) bond motifs is 2. The summed E-state index contributed by atoms with van der Waals surface area (Å²) in [5, 5.41) is 19.3. The molecule has 172 valence electrons. The van der Waals surface area contributed by atoms with E-state index in [4.69, 9.17) is 0 Å². The van der Waals surface area contributed by atoms with Crippen LogP contribution < -0.4 is 10.6 Å². The van der Waals surface area contributed by atoms with Crippen LogP contribution in [0.3, 0.4) is 0 Å². The summed E-state index contributed by atoms with van der Waals surface area (Å²) in [6, 6.07) is 5.93. The molecule has 3 aromatic rings. The first-order valence-corrected chi connectivity index (χ1v) is 11.2. The van der Waals surface area contributed by atoms with Crippen molar-refractivity contribution < 1.29 is 19.5 Å². The van der Waals surface area contributed by atoms with Crippen LogP contribution in [-0.4, -0.2) is 48.8 Å². The van der Waals surface area contributed by atoms with Gasteiger partial charge in [-0.3, -0.25) is 9.59 Å². The van der Waals surface area contributed by atoms with Gasteiger partial charge in [-0.05, 0) is 49.4 Å². The maximum atomic E-state index is 13.2. The van der Waals surface area contributed by atoms with Gasteiger partial charge in [-0.1, -0.05) is 13.0 Å². The molecule has 1 aromatic carbocycles. The molecule has 33 heavy (non-hydrogen) atoms. The highest BCUT2D eigenvalue weighted by atomic mass is 32.1. The molecule has 0 saturated heterocycles. The normalized spacial score (nSPS) is 16.8. The molecule has 1 aliphatic rings. The minimum atomic E-state index is -0.965. The van der Waals surface area contributed by atoms with E-state index in [1.807, 2.05) is 13.8 Å². The van der Waals surface area contributed by atoms with Gasteiger partial charge >= 0.3 is 5.97 Å². The largest absolute Gasteiger partial charge is 0.478 e. The molecule has 4 rings (SSSR count). The van der Waals surface area contributed by atoms with Crippen molar-refractivity contribution in [2.45, 2.75) is 50.9 Å². The molecule has 2 heterocycles. The molecule has 2 aromatic heterocycles. The number of thiol groups is 1. The molecule has 0 saturated carbocycles. The molecular weight excluding hydrogens is 442 g/mol. The molecule has 9 nitrogen and oxygen atoms in total. The zero-order chi connectivity index (χ0) is 23.9. The van der Waals surface area contributed by atoms with Crippen molar-refractivity contribution in [2.24, 2.45) is 0 Å². The lowest BCUT2D eigenvalue weighted by Crippen LogP contribution is -2.38. The van der Waals surface area contributed by atoms with Gasteiger partial charge in [0, 0.05) is 23.4 Å². The van der Waals surface area contributed by atoms with Gasteiger partial charge in [0.2, 0.25) is 0 Å². The molecule has 3 atom stereocenters. The number of amides is 2. The molecule has 2 amide bonds. The zero-order valence-corrected chi connectivity index (χ0v) is 19.4. The van der Waals surface area contributed by atoms with Gasteiger partial charge in [0.25, 0.3) is 11.8 Å². The van der Waals surface area contributed by atoms with Crippen molar-refractivity contribution in [1.29, 1.82) is 0 Å². The summed E-state index contributed by atoms with van der Waals surface area (Å²) in [6.45, 7) is 5.51. The van der Waals surface area contributed by atoms with Crippen LogP contribution in [0.1, 0.15) is 74.3 Å². The van der Waals surface area contributed by atoms with Crippen LogP contribution in [0.5, 0.6) is 0 Å². The van der Waals surface area contributed by atoms with Crippen LogP contribution in [0.15, 0.2) is 30.5 Å². The highest BCUT2D eigenvalue weighted by molar-refractivity contribution is 7.81. The molecule has 1 unspecified atom stereocenters. The first kappa shape index (κ1) is 22.8. The van der Waals surface area contributed by atoms with Gasteiger partial charge in [0.1, 0.15) is 11.4 Å². The second-order valence-corrected chi connectivity index (χ2v) is 9.12. The average molecular weight is 468 g/mol. The number of nitrogens with one attached hydrogen (secondary N) is 2. The first-order valence-electron chi connectivity index (χ1n) is 10.7. The van der Waals surface area contributed by atoms with Gasteiger partial charge in [-0.25, -0.2) is 14.3 Å². The minimum Gasteiger partial charge on any atom is -0.478 e. The van der Waals surface area contributed by atoms with E-state index in [1.165, 1.54) is 16.8 Å². The summed E-state index contributed by atoms with van der Waals surface area (Å²) in [6.07, 6.45) is 2.85. The SMILES string of the molecule is Cc1c(C(=O)O)ccc2c1CC[C@@H]2NC(=O)c1cc(C(=O)N[C@@H](C)C(C)S)nc2ccnn12. The molecule has 0 aliphatic heterocycles. The minimum absolute atomic E-state index is 0.0528. The van der Waals surface area contributed by atoms with Gasteiger partial charge in [-0.2, -0.15) is 17.7 Å². The molecule has 1 aliphatic carbocycles. The number of carbonyl (C=O) groups excluding carboxylic acids is 2. The quantitative estimate of drug-likeness (QED) is 0.413. The third-order valence-electron chi connectivity index (χ3n) is 6.14. The van der Waals surface area contributed by atoms with Crippen molar-refractivity contribution in [2.75, 3.05) is 0 Å². The Morgan fingerprint density at radius 2 is 1.97 bits per heavy atom. The van der Waals surface area contributed by atoms with Crippen molar-refractivity contribution >= 4 is 36.1 Å². The third-order valence-corrected chi connectivity index (χ3v) is 6.58. The number of benzene rings is 1. The molecular formula is C23H25N5O4S. The van der Waals surface area contributed by atoms with Gasteiger partial charge in [0.15, 0.2) is 5.65 Å². The lowest BCUT2D eigenvalue weighted by Gasteiger charge is -2.18. The Bertz CT molecular complexity index is 1270. The standard InChI is InChI=1S/C23H25N5O4S/c1-11-14-6-7-17(16(14)5-4-15(11)23(31)32)27-22(30)19-10-18(21(29)25-12(2)13(3)33)26-20-8-9-24-28(19)20/h4-5,8-10,12-13,17,33H,6-7H2,1-3H3,(H,25,29)(H,27,30)(H,31,32)/t12-,13?,17-/m0/s1. The number of nitrogens with zero attached hydrogens (tertiary/aromatic N) is 3. The van der Waals surface area contributed by atoms with E-state index in [2.05, 4.69) is 33.3 Å². The van der Waals surface area contributed by atoms with E-state index in [0.29, 0.717) is 18.5 Å². The fraction of sp³-hybridized carbons (Fsp3) is 0.348. The lowest BCUT2D eigenvalue weighted by molar-refractivity contribution is 0.0695. The first-order chi connectivity index (χ1) is 15.7. The Kier molecular flexibility index (Phi) is 6.11. The van der Waals surface area contributed by atoms with Gasteiger partial charge < -0.3 is 15.7 Å². The summed E-state index contributed by atoms with van der Waals surface area (Å²) in [4.78, 5) is 41.7. The van der Waals surface area contributed by atoms with Crippen LogP contribution in [0.25, 0.3) is 5.65 Å². The number of hydrogen-bond donors (Lipinski definition) is 4. The van der Waals surface area contributed by atoms with E-state index in [9.17, 15) is 19.5 Å². The van der Waals surface area contributed by atoms with E-state index in [1.54, 1.807) is 25.1 Å². The number of carboxylic acids is 1. The van der Waals surface area contributed by atoms with Crippen molar-refractivity contribution in [1.82, 2.24) is 25.2 Å². The van der Waals surface area contributed by atoms with E-state index < -0.39 is 17.8 Å². The zero-order valence-electron chi connectivity index (χ0n) is 18.5. The summed E-state index contributed by atoms with van der Waals surface area (Å²) in [7, 11) is 0. The van der Waals surface area contributed by atoms with Crippen LogP contribution >= 0.6 is 12.6 Å². The Balaban J connectivity index is 1.62. The highest BCUT2D eigenvalue weighted by Crippen LogP contribution is 2.34. The average Bonchev–Trinajstić information content (AvgIpc) is 3.40. The van der Waals surface area contributed by atoms with E-state index in [0.717, 1.165) is 16.7 Å². The number of aromatic carboxylic acids is 1. The Morgan fingerprint density at radius 1 is 1.21 bits per heavy atom. The smallest absolute Gasteiger partial charge is 0.335 e. The van der Waals surface area contributed by atoms with E-state index in [-0.39, 0.29) is 34.3 Å². The van der Waals surface area contributed by atoms with Crippen molar-refractivity contribution in [3.05, 3.63) is 64.1 Å². The molecule has 3 N–H and O–H groups in total. The molecule has 0 radical (unpaired) electrons. The summed E-state index contributed by atoms with van der Waals surface area (Å²) < 4.78 is 1.39. The maximum absolute atomic E-state index is 13.2. The Labute approximate surface area is 196 Å². The Morgan fingerprint density at radius 3 is 2.67 bits per heavy atom. The lowest BCUT2D eigenvalue weighted by atomic mass is 9.98. The molecule has 0 fully saturated rings. The number of carbonyl (C=O) groups is 3. The van der Waals surface area contributed by atoms with Crippen LogP contribution in [0.4, 0.5) is 0 Å². The van der Waals surface area contributed by atoms with Gasteiger partial charge in [0.05, 0.1) is 17.8 Å². The number of carboxylic acid groups (broad SMARTS) is 1. The van der Waals surface area contributed by atoms with Crippen LogP contribution in [0.2, 0.25) is 0 Å². The fourth-order valence-corrected chi connectivity index (χ4v) is 4.16. The maximum Gasteiger partial charge on any atom is 0.335 e. The summed E-state index contributed by atoms with van der Waals surface area (Å²) in [5.74, 6) is -1.76. The molecule has 0 spiro atoms. The third kappa shape index (κ3) is 4.30. The monoisotopic (exact) mass is 467 g/mol. The fourth-order valence-electron chi connectivity index (χ4n) is 4.09. The Hall–Kier alpha value is -3.40. The molecule has 10 heteroatoms. The number of aromatic nitrogens is 3. The topological polar surface area (TPSA) is 126 Å². The number of hydrogen-bond acceptors (Lipinski definition) is 6. The summed E-state index contributed by atoms with van der Waals surface area (Å²) >= 11 is 4.35. The van der Waals surface area contributed by atoms with Gasteiger partial charge in [-0.15, -0.1) is 0 Å². The predicted molar refractivity (Wildman–Crippen MR) is 125 cm³/mol. The van der Waals surface area contributed by atoms with Crippen molar-refractivity contribution in [3.8, 4) is 0 Å². The highest BCUT2D eigenvalue weighted by Gasteiger charge is 2.29.